The van der Waals surface area contributed by atoms with Gasteiger partial charge in [-0.05, 0) is 37.1 Å². The minimum absolute atomic E-state index is 0.251. The van der Waals surface area contributed by atoms with Gasteiger partial charge in [0.2, 0.25) is 10.0 Å². The maximum atomic E-state index is 12.9. The summed E-state index contributed by atoms with van der Waals surface area (Å²) in [6, 6.07) is 2.00. The summed E-state index contributed by atoms with van der Waals surface area (Å²) in [5.74, 6) is -7.12. The largest absolute Gasteiger partial charge is 0.383 e. The topological polar surface area (TPSA) is 89.3 Å². The van der Waals surface area contributed by atoms with Gasteiger partial charge in [0.1, 0.15) is 0 Å². The molecular formula is C11H12F4N2O3S. The maximum absolute atomic E-state index is 12.9. The first-order valence-corrected chi connectivity index (χ1v) is 7.03. The van der Waals surface area contributed by atoms with E-state index in [2.05, 4.69) is 0 Å². The molecule has 0 unspecified atom stereocenters. The minimum Gasteiger partial charge on any atom is -0.320 e. The van der Waals surface area contributed by atoms with Crippen molar-refractivity contribution in [2.24, 2.45) is 5.14 Å². The highest BCUT2D eigenvalue weighted by atomic mass is 32.2. The van der Waals surface area contributed by atoms with Crippen LogP contribution in [0, 0.1) is 13.8 Å². The summed E-state index contributed by atoms with van der Waals surface area (Å²) < 4.78 is 72.4. The standard InChI is InChI=1S/C11H12F4N2O3S/c1-5-3-7(21(16,19)20)4-8(6(5)2)17-10(18)11(14,15)9(12)13/h3-4,9H,1-2H3,(H,17,18)(H2,16,19,20). The van der Waals surface area contributed by atoms with Crippen molar-refractivity contribution >= 4 is 21.6 Å². The average Bonchev–Trinajstić information content (AvgIpc) is 2.32. The molecule has 0 saturated carbocycles. The van der Waals surface area contributed by atoms with Crippen LogP contribution in [0.2, 0.25) is 0 Å². The van der Waals surface area contributed by atoms with Gasteiger partial charge in [-0.25, -0.2) is 22.3 Å². The summed E-state index contributed by atoms with van der Waals surface area (Å²) in [7, 11) is -4.14. The molecule has 0 bridgehead atoms. The van der Waals surface area contributed by atoms with Crippen LogP contribution in [0.3, 0.4) is 0 Å². The van der Waals surface area contributed by atoms with E-state index in [0.29, 0.717) is 5.56 Å². The Labute approximate surface area is 118 Å². The second-order valence-corrected chi connectivity index (χ2v) is 5.90. The number of hydrogen-bond acceptors (Lipinski definition) is 3. The number of nitrogens with two attached hydrogens (primary N) is 1. The molecule has 5 nitrogen and oxygen atoms in total. The third kappa shape index (κ3) is 3.70. The monoisotopic (exact) mass is 328 g/mol. The van der Waals surface area contributed by atoms with Crippen LogP contribution in [0.5, 0.6) is 0 Å². The van der Waals surface area contributed by atoms with Gasteiger partial charge >= 0.3 is 18.3 Å². The van der Waals surface area contributed by atoms with Crippen molar-refractivity contribution in [1.29, 1.82) is 0 Å². The van der Waals surface area contributed by atoms with E-state index in [1.807, 2.05) is 0 Å². The molecule has 3 N–H and O–H groups in total. The molecule has 1 aromatic carbocycles. The lowest BCUT2D eigenvalue weighted by atomic mass is 10.1. The zero-order chi connectivity index (χ0) is 16.6. The molecule has 0 fully saturated rings. The Morgan fingerprint density at radius 2 is 1.81 bits per heavy atom. The lowest BCUT2D eigenvalue weighted by molar-refractivity contribution is -0.163. The van der Waals surface area contributed by atoms with Gasteiger partial charge in [0.25, 0.3) is 0 Å². The van der Waals surface area contributed by atoms with Gasteiger partial charge in [-0.2, -0.15) is 8.78 Å². The van der Waals surface area contributed by atoms with Gasteiger partial charge in [0.05, 0.1) is 4.90 Å². The fourth-order valence-electron chi connectivity index (χ4n) is 1.43. The van der Waals surface area contributed by atoms with Crippen LogP contribution < -0.4 is 10.5 Å². The van der Waals surface area contributed by atoms with E-state index in [0.717, 1.165) is 6.07 Å². The first kappa shape index (κ1) is 17.4. The van der Waals surface area contributed by atoms with Gasteiger partial charge < -0.3 is 5.32 Å². The van der Waals surface area contributed by atoms with Crippen molar-refractivity contribution in [3.8, 4) is 0 Å². The van der Waals surface area contributed by atoms with Crippen molar-refractivity contribution < 1.29 is 30.8 Å². The highest BCUT2D eigenvalue weighted by Crippen LogP contribution is 2.28. The number of hydrogen-bond donors (Lipinski definition) is 2. The van der Waals surface area contributed by atoms with Crippen LogP contribution in [-0.2, 0) is 14.8 Å². The quantitative estimate of drug-likeness (QED) is 0.826. The third-order valence-electron chi connectivity index (χ3n) is 2.79. The number of anilines is 1. The SMILES string of the molecule is Cc1cc(S(N)(=O)=O)cc(NC(=O)C(F)(F)C(F)F)c1C. The first-order chi connectivity index (χ1) is 9.37. The van der Waals surface area contributed by atoms with Crippen LogP contribution in [0.15, 0.2) is 17.0 Å². The van der Waals surface area contributed by atoms with E-state index in [1.165, 1.54) is 19.9 Å². The molecule has 0 aromatic heterocycles. The summed E-state index contributed by atoms with van der Waals surface area (Å²) in [6.45, 7) is 2.85. The van der Waals surface area contributed by atoms with E-state index in [1.54, 1.807) is 5.32 Å². The van der Waals surface area contributed by atoms with Gasteiger partial charge in [-0.1, -0.05) is 0 Å². The Kier molecular flexibility index (Phi) is 4.63. The summed E-state index contributed by atoms with van der Waals surface area (Å²) in [5, 5.41) is 6.50. The lowest BCUT2D eigenvalue weighted by Gasteiger charge is -2.17. The Morgan fingerprint density at radius 3 is 2.24 bits per heavy atom. The Hall–Kier alpha value is -1.68. The predicted octanol–water partition coefficient (Wildman–Crippen LogP) is 1.79. The lowest BCUT2D eigenvalue weighted by Crippen LogP contribution is -2.41. The summed E-state index contributed by atoms with van der Waals surface area (Å²) in [5.41, 5.74) is 0.252. The molecule has 0 aliphatic carbocycles. The van der Waals surface area contributed by atoms with Crippen molar-refractivity contribution in [1.82, 2.24) is 0 Å². The third-order valence-corrected chi connectivity index (χ3v) is 3.69. The van der Waals surface area contributed by atoms with Gasteiger partial charge in [-0.15, -0.1) is 0 Å². The van der Waals surface area contributed by atoms with E-state index < -0.39 is 33.2 Å². The number of nitrogens with one attached hydrogen (secondary N) is 1. The second-order valence-electron chi connectivity index (χ2n) is 4.34. The molecule has 10 heteroatoms. The van der Waals surface area contributed by atoms with Crippen LogP contribution in [0.25, 0.3) is 0 Å². The second kappa shape index (κ2) is 5.60. The molecule has 0 saturated heterocycles. The van der Waals surface area contributed by atoms with Crippen LogP contribution in [0.4, 0.5) is 23.2 Å². The number of alkyl halides is 4. The number of primary sulfonamides is 1. The van der Waals surface area contributed by atoms with Crippen molar-refractivity contribution in [2.45, 2.75) is 31.1 Å². The molecule has 1 amide bonds. The Morgan fingerprint density at radius 1 is 1.29 bits per heavy atom. The van der Waals surface area contributed by atoms with Crippen molar-refractivity contribution in [2.75, 3.05) is 5.32 Å². The smallest absolute Gasteiger partial charge is 0.320 e. The fourth-order valence-corrected chi connectivity index (χ4v) is 2.05. The molecule has 1 rings (SSSR count). The molecular weight excluding hydrogens is 316 g/mol. The van der Waals surface area contributed by atoms with Crippen LogP contribution in [-0.4, -0.2) is 26.7 Å². The number of carbonyl (C=O) groups excluding carboxylic acids is 1. The van der Waals surface area contributed by atoms with E-state index in [9.17, 15) is 30.8 Å². The van der Waals surface area contributed by atoms with E-state index >= 15 is 0 Å². The summed E-state index contributed by atoms with van der Waals surface area (Å²) in [6.07, 6.45) is -4.18. The number of amides is 1. The fraction of sp³-hybridized carbons (Fsp3) is 0.364. The number of sulfonamides is 1. The van der Waals surface area contributed by atoms with Gasteiger partial charge in [0, 0.05) is 5.69 Å². The number of benzene rings is 1. The highest BCUT2D eigenvalue weighted by molar-refractivity contribution is 7.89. The molecule has 0 heterocycles. The van der Waals surface area contributed by atoms with Gasteiger partial charge in [-0.3, -0.25) is 4.79 Å². The van der Waals surface area contributed by atoms with E-state index in [4.69, 9.17) is 5.14 Å². The molecule has 1 aromatic rings. The highest BCUT2D eigenvalue weighted by Gasteiger charge is 2.49. The molecule has 21 heavy (non-hydrogen) atoms. The molecule has 0 spiro atoms. The Bertz CT molecular complexity index is 674. The molecule has 0 atom stereocenters. The van der Waals surface area contributed by atoms with Crippen LogP contribution in [0.1, 0.15) is 11.1 Å². The van der Waals surface area contributed by atoms with Crippen molar-refractivity contribution in [3.63, 3.8) is 0 Å². The number of rotatable bonds is 4. The van der Waals surface area contributed by atoms with Gasteiger partial charge in [0.15, 0.2) is 0 Å². The predicted molar refractivity (Wildman–Crippen MR) is 66.9 cm³/mol. The maximum Gasteiger partial charge on any atom is 0.383 e. The zero-order valence-electron chi connectivity index (χ0n) is 11.0. The molecule has 0 aliphatic heterocycles. The summed E-state index contributed by atoms with van der Waals surface area (Å²) in [4.78, 5) is 10.7. The summed E-state index contributed by atoms with van der Waals surface area (Å²) >= 11 is 0. The van der Waals surface area contributed by atoms with E-state index in [-0.39, 0.29) is 11.3 Å². The van der Waals surface area contributed by atoms with Crippen LogP contribution >= 0.6 is 0 Å². The normalized spacial score (nSPS) is 12.6. The minimum atomic E-state index is -4.89. The number of carbonyl (C=O) groups is 1. The molecule has 0 aliphatic rings. The molecule has 0 radical (unpaired) electrons. The molecule has 118 valence electrons. The number of halogens is 4. The van der Waals surface area contributed by atoms with Crippen molar-refractivity contribution in [3.05, 3.63) is 23.3 Å². The number of aryl methyl sites for hydroxylation is 1. The average molecular weight is 328 g/mol. The first-order valence-electron chi connectivity index (χ1n) is 5.49. The zero-order valence-corrected chi connectivity index (χ0v) is 11.8. The Balaban J connectivity index is 3.27.